The summed E-state index contributed by atoms with van der Waals surface area (Å²) in [7, 11) is 1.70. The Bertz CT molecular complexity index is 205. The van der Waals surface area contributed by atoms with Crippen LogP contribution in [0.1, 0.15) is 62.3 Å². The van der Waals surface area contributed by atoms with Crippen molar-refractivity contribution in [3.8, 4) is 0 Å². The first kappa shape index (κ1) is 24.4. The number of rotatable bonds is 7. The lowest BCUT2D eigenvalue weighted by molar-refractivity contribution is -0.136. The third-order valence-corrected chi connectivity index (χ3v) is 3.07. The molecule has 124 valence electrons. The molecule has 0 aliphatic rings. The Morgan fingerprint density at radius 3 is 1.80 bits per heavy atom. The van der Waals surface area contributed by atoms with E-state index in [2.05, 4.69) is 20.8 Å². The zero-order chi connectivity index (χ0) is 16.7. The van der Waals surface area contributed by atoms with Crippen molar-refractivity contribution in [2.45, 2.75) is 62.3 Å². The number of carbonyl (C=O) groups is 1. The highest BCUT2D eigenvalue weighted by atomic mass is 16.5. The van der Waals surface area contributed by atoms with Crippen LogP contribution in [0, 0.1) is 17.8 Å². The predicted octanol–water partition coefficient (Wildman–Crippen LogP) is 4.46. The smallest absolute Gasteiger partial charge is 0.225 e. The molecule has 0 bridgehead atoms. The molecule has 0 saturated heterocycles. The Morgan fingerprint density at radius 1 is 1.05 bits per heavy atom. The summed E-state index contributed by atoms with van der Waals surface area (Å²) >= 11 is 0. The van der Waals surface area contributed by atoms with E-state index in [0.717, 1.165) is 13.1 Å². The Kier molecular flexibility index (Phi) is 20.2. The summed E-state index contributed by atoms with van der Waals surface area (Å²) in [5.74, 6) is 1.17. The van der Waals surface area contributed by atoms with Gasteiger partial charge in [-0.05, 0) is 18.8 Å². The number of methoxy groups -OCH3 is 1. The molecule has 1 amide bonds. The van der Waals surface area contributed by atoms with Gasteiger partial charge in [0.1, 0.15) is 0 Å². The third kappa shape index (κ3) is 11.3. The number of carbonyl (C=O) groups excluding carboxylic acids is 1. The fraction of sp³-hybridized carbons (Fsp3) is 0.941. The van der Waals surface area contributed by atoms with Crippen LogP contribution in [-0.4, -0.2) is 37.6 Å². The highest BCUT2D eigenvalue weighted by Crippen LogP contribution is 2.14. The highest BCUT2D eigenvalue weighted by molar-refractivity contribution is 5.78. The van der Waals surface area contributed by atoms with Crippen LogP contribution in [0.25, 0.3) is 0 Å². The topological polar surface area (TPSA) is 29.5 Å². The van der Waals surface area contributed by atoms with Crippen LogP contribution in [0.3, 0.4) is 0 Å². The number of hydrogen-bond acceptors (Lipinski definition) is 2. The van der Waals surface area contributed by atoms with Crippen molar-refractivity contribution in [2.24, 2.45) is 17.8 Å². The highest BCUT2D eigenvalue weighted by Gasteiger charge is 2.22. The largest absolute Gasteiger partial charge is 0.384 e. The zero-order valence-corrected chi connectivity index (χ0v) is 15.6. The standard InChI is InChI=1S/C13H27NO2.2C2H6/c1-7-14(8-11(4)9-16-6)13(15)12(5)10(2)3;2*1-2/h10-12H,7-9H2,1-6H3;2*1-2H3. The molecule has 0 rings (SSSR count). The first-order valence-corrected chi connectivity index (χ1v) is 8.21. The lowest BCUT2D eigenvalue weighted by atomic mass is 9.96. The molecule has 0 aliphatic heterocycles. The van der Waals surface area contributed by atoms with Gasteiger partial charge in [0.2, 0.25) is 5.91 Å². The van der Waals surface area contributed by atoms with Crippen LogP contribution in [-0.2, 0) is 9.53 Å². The first-order valence-electron chi connectivity index (χ1n) is 8.21. The van der Waals surface area contributed by atoms with E-state index in [1.54, 1.807) is 7.11 Å². The molecule has 0 aliphatic carbocycles. The van der Waals surface area contributed by atoms with Crippen LogP contribution >= 0.6 is 0 Å². The van der Waals surface area contributed by atoms with Crippen molar-refractivity contribution in [2.75, 3.05) is 26.8 Å². The van der Waals surface area contributed by atoms with E-state index < -0.39 is 0 Å². The average molecular weight is 290 g/mol. The van der Waals surface area contributed by atoms with Crippen LogP contribution < -0.4 is 0 Å². The van der Waals surface area contributed by atoms with Gasteiger partial charge in [0, 0.05) is 26.1 Å². The van der Waals surface area contributed by atoms with Crippen LogP contribution in [0.4, 0.5) is 0 Å². The molecule has 0 heterocycles. The van der Waals surface area contributed by atoms with Crippen molar-refractivity contribution in [3.05, 3.63) is 0 Å². The molecule has 0 aromatic heterocycles. The number of nitrogens with zero attached hydrogens (tertiary/aromatic N) is 1. The lowest BCUT2D eigenvalue weighted by Crippen LogP contribution is -2.40. The Labute approximate surface area is 128 Å². The van der Waals surface area contributed by atoms with E-state index in [1.165, 1.54) is 0 Å². The minimum absolute atomic E-state index is 0.106. The molecule has 3 nitrogen and oxygen atoms in total. The maximum Gasteiger partial charge on any atom is 0.225 e. The zero-order valence-electron chi connectivity index (χ0n) is 15.6. The molecule has 0 N–H and O–H groups in total. The molecule has 0 saturated carbocycles. The maximum absolute atomic E-state index is 12.1. The van der Waals surface area contributed by atoms with Crippen molar-refractivity contribution in [3.63, 3.8) is 0 Å². The van der Waals surface area contributed by atoms with Crippen molar-refractivity contribution in [1.82, 2.24) is 4.90 Å². The summed E-state index contributed by atoms with van der Waals surface area (Å²) in [5, 5.41) is 0. The summed E-state index contributed by atoms with van der Waals surface area (Å²) in [6, 6.07) is 0. The van der Waals surface area contributed by atoms with Gasteiger partial charge in [0.15, 0.2) is 0 Å². The van der Waals surface area contributed by atoms with Crippen molar-refractivity contribution < 1.29 is 9.53 Å². The molecule has 0 fully saturated rings. The molecule has 0 aromatic rings. The van der Waals surface area contributed by atoms with Crippen LogP contribution in [0.15, 0.2) is 0 Å². The van der Waals surface area contributed by atoms with E-state index in [4.69, 9.17) is 4.74 Å². The molecule has 0 spiro atoms. The quantitative estimate of drug-likeness (QED) is 0.692. The van der Waals surface area contributed by atoms with Gasteiger partial charge in [-0.2, -0.15) is 0 Å². The van der Waals surface area contributed by atoms with Crippen LogP contribution in [0.5, 0.6) is 0 Å². The molecule has 20 heavy (non-hydrogen) atoms. The summed E-state index contributed by atoms with van der Waals surface area (Å²) in [5.41, 5.74) is 0. The molecule has 2 atom stereocenters. The predicted molar refractivity (Wildman–Crippen MR) is 90.0 cm³/mol. The Balaban J connectivity index is -0.000000656. The second kappa shape index (κ2) is 16.5. The monoisotopic (exact) mass is 289 g/mol. The fourth-order valence-corrected chi connectivity index (χ4v) is 1.66. The molecule has 2 unspecified atom stereocenters. The molecule has 0 radical (unpaired) electrons. The third-order valence-electron chi connectivity index (χ3n) is 3.07. The molecular formula is C17H39NO2. The fourth-order valence-electron chi connectivity index (χ4n) is 1.66. The van der Waals surface area contributed by atoms with Gasteiger partial charge in [-0.3, -0.25) is 4.79 Å². The molecular weight excluding hydrogens is 250 g/mol. The van der Waals surface area contributed by atoms with E-state index in [1.807, 2.05) is 46.4 Å². The summed E-state index contributed by atoms with van der Waals surface area (Å²) < 4.78 is 5.10. The van der Waals surface area contributed by atoms with E-state index >= 15 is 0 Å². The maximum atomic E-state index is 12.1. The second-order valence-corrected chi connectivity index (χ2v) is 4.97. The van der Waals surface area contributed by atoms with Crippen molar-refractivity contribution >= 4 is 5.91 Å². The van der Waals surface area contributed by atoms with E-state index in [9.17, 15) is 4.79 Å². The van der Waals surface area contributed by atoms with Gasteiger partial charge in [0.05, 0.1) is 6.61 Å². The van der Waals surface area contributed by atoms with Crippen LogP contribution in [0.2, 0.25) is 0 Å². The minimum atomic E-state index is 0.106. The van der Waals surface area contributed by atoms with E-state index in [0.29, 0.717) is 18.4 Å². The van der Waals surface area contributed by atoms with Gasteiger partial charge in [-0.25, -0.2) is 0 Å². The number of ether oxygens (including phenoxy) is 1. The Hall–Kier alpha value is -0.570. The Morgan fingerprint density at radius 2 is 1.50 bits per heavy atom. The number of amides is 1. The van der Waals surface area contributed by atoms with Gasteiger partial charge in [-0.15, -0.1) is 0 Å². The minimum Gasteiger partial charge on any atom is -0.384 e. The summed E-state index contributed by atoms with van der Waals surface area (Å²) in [6.07, 6.45) is 0. The van der Waals surface area contributed by atoms with E-state index in [-0.39, 0.29) is 11.8 Å². The molecule has 3 heteroatoms. The van der Waals surface area contributed by atoms with Gasteiger partial charge in [-0.1, -0.05) is 55.4 Å². The average Bonchev–Trinajstić information content (AvgIpc) is 2.47. The van der Waals surface area contributed by atoms with Crippen molar-refractivity contribution in [1.29, 1.82) is 0 Å². The van der Waals surface area contributed by atoms with Gasteiger partial charge >= 0.3 is 0 Å². The first-order chi connectivity index (χ1) is 9.43. The molecule has 0 aromatic carbocycles. The van der Waals surface area contributed by atoms with Gasteiger partial charge < -0.3 is 9.64 Å². The second-order valence-electron chi connectivity index (χ2n) is 4.97. The normalized spacial score (nSPS) is 12.6. The number of hydrogen-bond donors (Lipinski definition) is 0. The van der Waals surface area contributed by atoms with Gasteiger partial charge in [0.25, 0.3) is 0 Å². The SMILES string of the molecule is CC.CC.CCN(CC(C)COC)C(=O)C(C)C(C)C. The summed E-state index contributed by atoms with van der Waals surface area (Å²) in [4.78, 5) is 14.1. The lowest BCUT2D eigenvalue weighted by Gasteiger charge is -2.28. The summed E-state index contributed by atoms with van der Waals surface area (Å²) in [6.45, 7) is 20.6.